The maximum absolute atomic E-state index is 4.76. The van der Waals surface area contributed by atoms with E-state index in [2.05, 4.69) is 56.6 Å². The van der Waals surface area contributed by atoms with E-state index in [1.807, 2.05) is 0 Å². The van der Waals surface area contributed by atoms with Crippen molar-refractivity contribution in [2.45, 2.75) is 53.8 Å². The second-order valence-electron chi connectivity index (χ2n) is 5.23. The van der Waals surface area contributed by atoms with Crippen molar-refractivity contribution in [1.29, 1.82) is 0 Å². The Labute approximate surface area is 109 Å². The van der Waals surface area contributed by atoms with Gasteiger partial charge in [0.2, 0.25) is 0 Å². The number of fused-ring (bicyclic) bond motifs is 1. The number of hydrogen-bond donors (Lipinski definition) is 1. The van der Waals surface area contributed by atoms with Gasteiger partial charge in [0, 0.05) is 12.6 Å². The number of rotatable bonds is 4. The molecule has 0 aliphatic heterocycles. The highest BCUT2D eigenvalue weighted by atomic mass is 15.1. The molecule has 0 bridgehead atoms. The molecule has 0 amide bonds. The minimum absolute atomic E-state index is 0.485. The van der Waals surface area contributed by atoms with Gasteiger partial charge in [0.1, 0.15) is 5.82 Å². The highest BCUT2D eigenvalue weighted by Gasteiger charge is 2.10. The van der Waals surface area contributed by atoms with Crippen LogP contribution in [-0.2, 0) is 13.1 Å². The minimum atomic E-state index is 0.485. The number of imidazole rings is 1. The SMILES string of the molecule is CCn1c(CNC(C)C)nc2cc(C)c(C)cc21. The average Bonchev–Trinajstić information content (AvgIpc) is 2.64. The van der Waals surface area contributed by atoms with E-state index in [9.17, 15) is 0 Å². The average molecular weight is 245 g/mol. The van der Waals surface area contributed by atoms with Crippen molar-refractivity contribution < 1.29 is 0 Å². The molecule has 3 heteroatoms. The quantitative estimate of drug-likeness (QED) is 0.896. The van der Waals surface area contributed by atoms with Gasteiger partial charge >= 0.3 is 0 Å². The molecule has 0 aliphatic carbocycles. The van der Waals surface area contributed by atoms with Crippen molar-refractivity contribution in [2.24, 2.45) is 0 Å². The Morgan fingerprint density at radius 3 is 2.50 bits per heavy atom. The lowest BCUT2D eigenvalue weighted by atomic mass is 10.1. The van der Waals surface area contributed by atoms with E-state index in [4.69, 9.17) is 4.98 Å². The van der Waals surface area contributed by atoms with E-state index in [-0.39, 0.29) is 0 Å². The zero-order valence-corrected chi connectivity index (χ0v) is 12.0. The monoisotopic (exact) mass is 245 g/mol. The number of nitrogens with zero attached hydrogens (tertiary/aromatic N) is 2. The van der Waals surface area contributed by atoms with Crippen LogP contribution in [0.5, 0.6) is 0 Å². The summed E-state index contributed by atoms with van der Waals surface area (Å²) in [5.74, 6) is 1.13. The van der Waals surface area contributed by atoms with Gasteiger partial charge in [-0.1, -0.05) is 13.8 Å². The van der Waals surface area contributed by atoms with Crippen LogP contribution in [0.1, 0.15) is 37.7 Å². The molecule has 1 heterocycles. The van der Waals surface area contributed by atoms with E-state index >= 15 is 0 Å². The first-order chi connectivity index (χ1) is 8.52. The van der Waals surface area contributed by atoms with E-state index in [1.54, 1.807) is 0 Å². The molecule has 2 aromatic rings. The topological polar surface area (TPSA) is 29.9 Å². The molecule has 0 aliphatic rings. The van der Waals surface area contributed by atoms with Gasteiger partial charge in [0.05, 0.1) is 17.6 Å². The molecule has 0 spiro atoms. The maximum atomic E-state index is 4.76. The summed E-state index contributed by atoms with van der Waals surface area (Å²) in [6.45, 7) is 12.6. The minimum Gasteiger partial charge on any atom is -0.327 e. The first-order valence-electron chi connectivity index (χ1n) is 6.72. The van der Waals surface area contributed by atoms with Crippen LogP contribution in [0.4, 0.5) is 0 Å². The Morgan fingerprint density at radius 1 is 1.22 bits per heavy atom. The van der Waals surface area contributed by atoms with E-state index in [1.165, 1.54) is 16.6 Å². The van der Waals surface area contributed by atoms with Crippen LogP contribution >= 0.6 is 0 Å². The number of nitrogens with one attached hydrogen (secondary N) is 1. The highest BCUT2D eigenvalue weighted by molar-refractivity contribution is 5.78. The van der Waals surface area contributed by atoms with Crippen LogP contribution in [0.15, 0.2) is 12.1 Å². The molecule has 1 aromatic heterocycles. The Hall–Kier alpha value is -1.35. The fourth-order valence-electron chi connectivity index (χ4n) is 2.21. The van der Waals surface area contributed by atoms with Crippen molar-refractivity contribution in [3.8, 4) is 0 Å². The van der Waals surface area contributed by atoms with Gasteiger partial charge in [-0.2, -0.15) is 0 Å². The number of benzene rings is 1. The summed E-state index contributed by atoms with van der Waals surface area (Å²) in [7, 11) is 0. The van der Waals surface area contributed by atoms with Gasteiger partial charge in [-0.25, -0.2) is 4.98 Å². The smallest absolute Gasteiger partial charge is 0.123 e. The second-order valence-corrected chi connectivity index (χ2v) is 5.23. The summed E-state index contributed by atoms with van der Waals surface area (Å²) < 4.78 is 2.30. The van der Waals surface area contributed by atoms with Gasteiger partial charge in [-0.15, -0.1) is 0 Å². The third kappa shape index (κ3) is 2.41. The molecule has 0 fully saturated rings. The van der Waals surface area contributed by atoms with E-state index < -0.39 is 0 Å². The second kappa shape index (κ2) is 5.11. The van der Waals surface area contributed by atoms with Gasteiger partial charge in [-0.05, 0) is 44.0 Å². The number of hydrogen-bond acceptors (Lipinski definition) is 2. The van der Waals surface area contributed by atoms with Crippen LogP contribution in [0.3, 0.4) is 0 Å². The molecular formula is C15H23N3. The van der Waals surface area contributed by atoms with Crippen molar-refractivity contribution >= 4 is 11.0 Å². The van der Waals surface area contributed by atoms with Crippen molar-refractivity contribution in [2.75, 3.05) is 0 Å². The van der Waals surface area contributed by atoms with Gasteiger partial charge in [-0.3, -0.25) is 0 Å². The standard InChI is InChI=1S/C15H23N3/c1-6-18-14-8-12(5)11(4)7-13(14)17-15(18)9-16-10(2)3/h7-8,10,16H,6,9H2,1-5H3. The van der Waals surface area contributed by atoms with E-state index in [0.29, 0.717) is 6.04 Å². The van der Waals surface area contributed by atoms with Crippen LogP contribution in [0.25, 0.3) is 11.0 Å². The Balaban J connectivity index is 2.47. The molecule has 0 saturated heterocycles. The molecule has 18 heavy (non-hydrogen) atoms. The summed E-state index contributed by atoms with van der Waals surface area (Å²) in [6.07, 6.45) is 0. The molecule has 98 valence electrons. The van der Waals surface area contributed by atoms with Crippen LogP contribution in [0.2, 0.25) is 0 Å². The summed E-state index contributed by atoms with van der Waals surface area (Å²) in [6, 6.07) is 4.93. The van der Waals surface area contributed by atoms with Crippen molar-refractivity contribution in [3.05, 3.63) is 29.1 Å². The van der Waals surface area contributed by atoms with Crippen LogP contribution < -0.4 is 5.32 Å². The summed E-state index contributed by atoms with van der Waals surface area (Å²) >= 11 is 0. The lowest BCUT2D eigenvalue weighted by Crippen LogP contribution is -2.23. The lowest BCUT2D eigenvalue weighted by molar-refractivity contribution is 0.554. The lowest BCUT2D eigenvalue weighted by Gasteiger charge is -2.10. The van der Waals surface area contributed by atoms with Crippen molar-refractivity contribution in [1.82, 2.24) is 14.9 Å². The van der Waals surface area contributed by atoms with E-state index in [0.717, 1.165) is 24.4 Å². The third-order valence-corrected chi connectivity index (χ3v) is 3.43. The fraction of sp³-hybridized carbons (Fsp3) is 0.533. The maximum Gasteiger partial charge on any atom is 0.123 e. The third-order valence-electron chi connectivity index (χ3n) is 3.43. The zero-order valence-electron chi connectivity index (χ0n) is 12.0. The Bertz CT molecular complexity index is 552. The molecule has 0 saturated carbocycles. The Kier molecular flexibility index (Phi) is 3.71. The highest BCUT2D eigenvalue weighted by Crippen LogP contribution is 2.20. The largest absolute Gasteiger partial charge is 0.327 e. The number of aryl methyl sites for hydroxylation is 3. The van der Waals surface area contributed by atoms with Gasteiger partial charge < -0.3 is 9.88 Å². The fourth-order valence-corrected chi connectivity index (χ4v) is 2.21. The summed E-state index contributed by atoms with van der Waals surface area (Å²) in [5.41, 5.74) is 5.01. The van der Waals surface area contributed by atoms with Crippen LogP contribution in [-0.4, -0.2) is 15.6 Å². The van der Waals surface area contributed by atoms with Crippen molar-refractivity contribution in [3.63, 3.8) is 0 Å². The normalized spacial score (nSPS) is 11.7. The molecule has 0 atom stereocenters. The zero-order chi connectivity index (χ0) is 13.3. The summed E-state index contributed by atoms with van der Waals surface area (Å²) in [5, 5.41) is 3.44. The first-order valence-corrected chi connectivity index (χ1v) is 6.72. The molecule has 0 unspecified atom stereocenters. The molecule has 3 nitrogen and oxygen atoms in total. The Morgan fingerprint density at radius 2 is 1.89 bits per heavy atom. The molecule has 1 aromatic carbocycles. The molecular weight excluding hydrogens is 222 g/mol. The van der Waals surface area contributed by atoms with Crippen LogP contribution in [0, 0.1) is 13.8 Å². The predicted octanol–water partition coefficient (Wildman–Crippen LogP) is 3.17. The molecule has 2 rings (SSSR count). The van der Waals surface area contributed by atoms with Gasteiger partial charge in [0.25, 0.3) is 0 Å². The summed E-state index contributed by atoms with van der Waals surface area (Å²) in [4.78, 5) is 4.76. The number of aromatic nitrogens is 2. The molecule has 0 radical (unpaired) electrons. The van der Waals surface area contributed by atoms with Gasteiger partial charge in [0.15, 0.2) is 0 Å². The predicted molar refractivity (Wildman–Crippen MR) is 76.9 cm³/mol. The molecule has 1 N–H and O–H groups in total. The first kappa shape index (κ1) is 13.1.